The van der Waals surface area contributed by atoms with E-state index in [1.165, 1.54) is 44.3 Å². The van der Waals surface area contributed by atoms with Crippen LogP contribution in [0, 0.1) is 0 Å². The van der Waals surface area contributed by atoms with Crippen LogP contribution in [0.15, 0.2) is 23.1 Å². The molecule has 0 aliphatic carbocycles. The molecule has 0 unspecified atom stereocenters. The number of hydrogen-bond acceptors (Lipinski definition) is 5. The van der Waals surface area contributed by atoms with E-state index in [4.69, 9.17) is 4.74 Å². The van der Waals surface area contributed by atoms with Crippen molar-refractivity contribution in [3.63, 3.8) is 0 Å². The molecular weight excluding hydrogens is 348 g/mol. The molecule has 1 atom stereocenters. The van der Waals surface area contributed by atoms with Gasteiger partial charge in [0.15, 0.2) is 0 Å². The molecule has 1 amide bonds. The molecule has 1 aromatic carbocycles. The van der Waals surface area contributed by atoms with Crippen molar-refractivity contribution < 1.29 is 27.9 Å². The number of methoxy groups -OCH3 is 1. The molecule has 1 saturated heterocycles. The van der Waals surface area contributed by atoms with Crippen molar-refractivity contribution in [1.29, 1.82) is 0 Å². The highest BCUT2D eigenvalue weighted by molar-refractivity contribution is 7.89. The fourth-order valence-corrected chi connectivity index (χ4v) is 3.88. The van der Waals surface area contributed by atoms with Crippen LogP contribution < -0.4 is 4.74 Å². The van der Waals surface area contributed by atoms with E-state index < -0.39 is 27.9 Å². The fraction of sp³-hybridized carbons (Fsp3) is 0.500. The van der Waals surface area contributed by atoms with Crippen LogP contribution in [0.1, 0.15) is 29.6 Å². The van der Waals surface area contributed by atoms with Gasteiger partial charge in [-0.15, -0.1) is 0 Å². The van der Waals surface area contributed by atoms with Gasteiger partial charge in [-0.05, 0) is 37.5 Å². The van der Waals surface area contributed by atoms with Crippen molar-refractivity contribution in [2.45, 2.75) is 30.2 Å². The highest BCUT2D eigenvalue weighted by atomic mass is 32.2. The van der Waals surface area contributed by atoms with Crippen molar-refractivity contribution in [2.24, 2.45) is 0 Å². The maximum absolute atomic E-state index is 12.8. The normalized spacial score (nSPS) is 18.2. The van der Waals surface area contributed by atoms with Gasteiger partial charge in [0.2, 0.25) is 10.0 Å². The van der Waals surface area contributed by atoms with E-state index in [9.17, 15) is 23.1 Å². The Hall–Kier alpha value is -2.13. The number of likely N-dealkylation sites (tertiary alicyclic amines) is 1. The van der Waals surface area contributed by atoms with Crippen LogP contribution >= 0.6 is 0 Å². The van der Waals surface area contributed by atoms with E-state index in [2.05, 4.69) is 0 Å². The lowest BCUT2D eigenvalue weighted by Crippen LogP contribution is -2.48. The van der Waals surface area contributed by atoms with Gasteiger partial charge in [-0.2, -0.15) is 0 Å². The molecule has 2 rings (SSSR count). The molecule has 1 aliphatic rings. The molecule has 1 aliphatic heterocycles. The number of benzene rings is 1. The summed E-state index contributed by atoms with van der Waals surface area (Å²) < 4.78 is 31.0. The third-order valence-electron chi connectivity index (χ3n) is 4.22. The van der Waals surface area contributed by atoms with Gasteiger partial charge < -0.3 is 14.7 Å². The summed E-state index contributed by atoms with van der Waals surface area (Å²) in [6.45, 7) is 0.331. The van der Waals surface area contributed by atoms with Crippen molar-refractivity contribution in [2.75, 3.05) is 27.7 Å². The molecule has 0 saturated carbocycles. The Morgan fingerprint density at radius 3 is 2.52 bits per heavy atom. The number of hydrogen-bond donors (Lipinski definition) is 1. The summed E-state index contributed by atoms with van der Waals surface area (Å²) in [5, 5.41) is 9.33. The molecular formula is C16H22N2O6S. The smallest absolute Gasteiger partial charge is 0.326 e. The second-order valence-electron chi connectivity index (χ2n) is 6.00. The monoisotopic (exact) mass is 370 g/mol. The topological polar surface area (TPSA) is 104 Å². The largest absolute Gasteiger partial charge is 0.495 e. The molecule has 0 spiro atoms. The molecule has 0 bridgehead atoms. The van der Waals surface area contributed by atoms with Crippen molar-refractivity contribution in [1.82, 2.24) is 9.21 Å². The third kappa shape index (κ3) is 3.77. The van der Waals surface area contributed by atoms with E-state index in [-0.39, 0.29) is 16.2 Å². The maximum atomic E-state index is 12.8. The number of carboxylic acid groups (broad SMARTS) is 1. The lowest BCUT2D eigenvalue weighted by molar-refractivity contribution is -0.143. The molecule has 0 aromatic heterocycles. The van der Waals surface area contributed by atoms with Crippen molar-refractivity contribution in [3.05, 3.63) is 23.8 Å². The van der Waals surface area contributed by atoms with Gasteiger partial charge in [0, 0.05) is 26.2 Å². The predicted octanol–water partition coefficient (Wildman–Crippen LogP) is 1.02. The summed E-state index contributed by atoms with van der Waals surface area (Å²) in [6, 6.07) is 3.20. The number of carboxylic acids is 1. The lowest BCUT2D eigenvalue weighted by atomic mass is 10.0. The zero-order valence-electron chi connectivity index (χ0n) is 14.4. The molecule has 138 valence electrons. The third-order valence-corrected chi connectivity index (χ3v) is 6.05. The Morgan fingerprint density at radius 2 is 1.96 bits per heavy atom. The van der Waals surface area contributed by atoms with Crippen LogP contribution in [0.25, 0.3) is 0 Å². The zero-order chi connectivity index (χ0) is 18.8. The quantitative estimate of drug-likeness (QED) is 0.830. The Bertz CT molecular complexity index is 775. The molecule has 25 heavy (non-hydrogen) atoms. The Balaban J connectivity index is 2.46. The first kappa shape index (κ1) is 19.2. The van der Waals surface area contributed by atoms with E-state index in [1.54, 1.807) is 0 Å². The van der Waals surface area contributed by atoms with Gasteiger partial charge in [0.25, 0.3) is 5.91 Å². The number of piperidine rings is 1. The second-order valence-corrected chi connectivity index (χ2v) is 8.12. The molecule has 9 heteroatoms. The van der Waals surface area contributed by atoms with E-state index in [0.717, 1.165) is 10.7 Å². The number of nitrogens with zero attached hydrogens (tertiary/aromatic N) is 2. The maximum Gasteiger partial charge on any atom is 0.326 e. The van der Waals surface area contributed by atoms with Gasteiger partial charge in [0.05, 0.1) is 7.11 Å². The highest BCUT2D eigenvalue weighted by Crippen LogP contribution is 2.28. The summed E-state index contributed by atoms with van der Waals surface area (Å²) in [7, 11) is 0.295. The zero-order valence-corrected chi connectivity index (χ0v) is 15.2. The Kier molecular flexibility index (Phi) is 5.69. The minimum Gasteiger partial charge on any atom is -0.495 e. The molecule has 8 nitrogen and oxygen atoms in total. The van der Waals surface area contributed by atoms with Crippen molar-refractivity contribution >= 4 is 21.9 Å². The van der Waals surface area contributed by atoms with Crippen molar-refractivity contribution in [3.8, 4) is 5.75 Å². The number of carbonyl (C=O) groups is 2. The van der Waals surface area contributed by atoms with Crippen LogP contribution in [0.3, 0.4) is 0 Å². The SMILES string of the molecule is COc1ccc(C(=O)N2CCCC[C@H]2C(=O)O)cc1S(=O)(=O)N(C)C. The minimum atomic E-state index is -3.81. The molecule has 1 aromatic rings. The Morgan fingerprint density at radius 1 is 1.28 bits per heavy atom. The van der Waals surface area contributed by atoms with Crippen LogP contribution in [0.4, 0.5) is 0 Å². The summed E-state index contributed by atoms with van der Waals surface area (Å²) in [6.07, 6.45) is 1.85. The van der Waals surface area contributed by atoms with Gasteiger partial charge in [-0.25, -0.2) is 17.5 Å². The molecule has 1 N–H and O–H groups in total. The highest BCUT2D eigenvalue weighted by Gasteiger charge is 2.33. The van der Waals surface area contributed by atoms with Gasteiger partial charge in [-0.3, -0.25) is 4.79 Å². The summed E-state index contributed by atoms with van der Waals surface area (Å²) in [4.78, 5) is 25.3. The number of amides is 1. The number of ether oxygens (including phenoxy) is 1. The average molecular weight is 370 g/mol. The molecule has 0 radical (unpaired) electrons. The average Bonchev–Trinajstić information content (AvgIpc) is 2.60. The standard InChI is InChI=1S/C16H22N2O6S/c1-17(2)25(22,23)14-10-11(7-8-13(14)24-3)15(19)18-9-5-4-6-12(18)16(20)21/h7-8,10,12H,4-6,9H2,1-3H3,(H,20,21)/t12-/m0/s1. The first-order valence-corrected chi connectivity index (χ1v) is 9.28. The second kappa shape index (κ2) is 7.40. The summed E-state index contributed by atoms with van der Waals surface area (Å²) in [5.74, 6) is -1.42. The number of aliphatic carboxylic acids is 1. The van der Waals surface area contributed by atoms with Gasteiger partial charge >= 0.3 is 5.97 Å². The number of carbonyl (C=O) groups excluding carboxylic acids is 1. The van der Waals surface area contributed by atoms with Crippen LogP contribution in [0.5, 0.6) is 5.75 Å². The van der Waals surface area contributed by atoms with Gasteiger partial charge in [0.1, 0.15) is 16.7 Å². The number of sulfonamides is 1. The van der Waals surface area contributed by atoms with E-state index >= 15 is 0 Å². The number of rotatable bonds is 5. The van der Waals surface area contributed by atoms with Crippen LogP contribution in [-0.4, -0.2) is 68.4 Å². The van der Waals surface area contributed by atoms with E-state index in [0.29, 0.717) is 19.4 Å². The minimum absolute atomic E-state index is 0.120. The van der Waals surface area contributed by atoms with Crippen LogP contribution in [0.2, 0.25) is 0 Å². The first-order chi connectivity index (χ1) is 11.7. The summed E-state index contributed by atoms with van der Waals surface area (Å²) >= 11 is 0. The van der Waals surface area contributed by atoms with E-state index in [1.807, 2.05) is 0 Å². The fourth-order valence-electron chi connectivity index (χ4n) is 2.81. The van der Waals surface area contributed by atoms with Gasteiger partial charge in [-0.1, -0.05) is 0 Å². The lowest BCUT2D eigenvalue weighted by Gasteiger charge is -2.33. The molecule has 1 fully saturated rings. The van der Waals surface area contributed by atoms with Crippen LogP contribution in [-0.2, 0) is 14.8 Å². The predicted molar refractivity (Wildman–Crippen MR) is 90.2 cm³/mol. The summed E-state index contributed by atoms with van der Waals surface area (Å²) in [5.41, 5.74) is 0.120. The first-order valence-electron chi connectivity index (χ1n) is 7.84. The molecule has 1 heterocycles. The Labute approximate surface area is 147 Å².